The molecule has 0 fully saturated rings. The van der Waals surface area contributed by atoms with Gasteiger partial charge in [-0.2, -0.15) is 0 Å². The third-order valence-corrected chi connectivity index (χ3v) is 5.42. The largest absolute Gasteiger partial charge is 0.508 e. The molecule has 0 saturated carbocycles. The summed E-state index contributed by atoms with van der Waals surface area (Å²) in [5, 5.41) is 32.3. The van der Waals surface area contributed by atoms with Gasteiger partial charge in [0.25, 0.3) is 0 Å². The van der Waals surface area contributed by atoms with E-state index in [0.717, 1.165) is 0 Å². The Labute approximate surface area is 198 Å². The number of nitrogens with one attached hydrogen (secondary N) is 1. The molecule has 2 aromatic carbocycles. The summed E-state index contributed by atoms with van der Waals surface area (Å²) < 4.78 is 5.36. The minimum atomic E-state index is -0.924. The molecule has 9 nitrogen and oxygen atoms in total. The van der Waals surface area contributed by atoms with Gasteiger partial charge < -0.3 is 31.1 Å². The summed E-state index contributed by atoms with van der Waals surface area (Å²) in [5.41, 5.74) is 6.28. The Balaban J connectivity index is 2.04. The number of benzene rings is 2. The molecule has 0 aliphatic carbocycles. The fraction of sp³-hybridized carbons (Fsp3) is 0.400. The van der Waals surface area contributed by atoms with Crippen molar-refractivity contribution in [2.24, 2.45) is 17.6 Å². The van der Waals surface area contributed by atoms with E-state index in [1.807, 2.05) is 0 Å². The van der Waals surface area contributed by atoms with Crippen LogP contribution in [0, 0.1) is 11.8 Å². The van der Waals surface area contributed by atoms with Crippen molar-refractivity contribution in [2.45, 2.75) is 52.6 Å². The Morgan fingerprint density at radius 1 is 0.941 bits per heavy atom. The molecular weight excluding hydrogens is 440 g/mol. The van der Waals surface area contributed by atoms with Gasteiger partial charge in [-0.25, -0.2) is 4.79 Å². The van der Waals surface area contributed by atoms with Crippen molar-refractivity contribution in [1.29, 1.82) is 0 Å². The maximum atomic E-state index is 12.7. The van der Waals surface area contributed by atoms with E-state index in [2.05, 4.69) is 5.32 Å². The van der Waals surface area contributed by atoms with Crippen molar-refractivity contribution in [1.82, 2.24) is 5.32 Å². The number of esters is 1. The van der Waals surface area contributed by atoms with Crippen LogP contribution in [0.15, 0.2) is 36.4 Å². The molecular formula is C25H32N2O7. The lowest BCUT2D eigenvalue weighted by atomic mass is 10.0. The number of Topliss-reactive ketones (excluding diaryl/α,β-unsaturated/α-hetero) is 1. The number of rotatable bonds is 10. The van der Waals surface area contributed by atoms with Gasteiger partial charge in [-0.15, -0.1) is 0 Å². The van der Waals surface area contributed by atoms with E-state index in [9.17, 15) is 29.7 Å². The van der Waals surface area contributed by atoms with Crippen LogP contribution in [0.4, 0.5) is 0 Å². The Hall–Kier alpha value is -3.59. The highest BCUT2D eigenvalue weighted by Crippen LogP contribution is 2.28. The van der Waals surface area contributed by atoms with E-state index >= 15 is 0 Å². The van der Waals surface area contributed by atoms with E-state index < -0.39 is 29.7 Å². The summed E-state index contributed by atoms with van der Waals surface area (Å²) in [5.74, 6) is -2.39. The molecule has 1 unspecified atom stereocenters. The summed E-state index contributed by atoms with van der Waals surface area (Å²) in [6.45, 7) is 7.12. The Morgan fingerprint density at radius 2 is 1.62 bits per heavy atom. The molecule has 1 amide bonds. The van der Waals surface area contributed by atoms with E-state index in [4.69, 9.17) is 10.5 Å². The normalized spacial score (nSPS) is 12.9. The number of phenolic OH excluding ortho intramolecular Hbond substituents is 3. The molecule has 0 spiro atoms. The van der Waals surface area contributed by atoms with Crippen LogP contribution in [0.1, 0.15) is 50.0 Å². The van der Waals surface area contributed by atoms with Gasteiger partial charge in [0, 0.05) is 12.5 Å². The second kappa shape index (κ2) is 11.5. The van der Waals surface area contributed by atoms with Crippen LogP contribution < -0.4 is 15.8 Å². The van der Waals surface area contributed by atoms with Gasteiger partial charge in [-0.1, -0.05) is 33.8 Å². The third kappa shape index (κ3) is 6.95. The number of carbonyl (C=O) groups is 3. The number of ether oxygens (including phenoxy) is 1. The number of phenols is 3. The first-order valence-electron chi connectivity index (χ1n) is 11.1. The number of nitrogens with two attached hydrogens (primary N) is 1. The van der Waals surface area contributed by atoms with Gasteiger partial charge in [0.2, 0.25) is 5.91 Å². The number of aromatic hydroxyl groups is 3. The quantitative estimate of drug-likeness (QED) is 0.153. The summed E-state index contributed by atoms with van der Waals surface area (Å²) >= 11 is 0. The molecule has 0 radical (unpaired) electrons. The number of hydrogen-bond donors (Lipinski definition) is 5. The van der Waals surface area contributed by atoms with E-state index in [-0.39, 0.29) is 53.2 Å². The highest BCUT2D eigenvalue weighted by Gasteiger charge is 2.29. The zero-order valence-electron chi connectivity index (χ0n) is 19.7. The maximum absolute atomic E-state index is 12.7. The molecule has 0 heterocycles. The molecule has 0 aromatic heterocycles. The average Bonchev–Trinajstić information content (AvgIpc) is 2.77. The first-order chi connectivity index (χ1) is 15.9. The molecule has 184 valence electrons. The van der Waals surface area contributed by atoms with Crippen LogP contribution in [0.5, 0.6) is 23.0 Å². The molecule has 2 aromatic rings. The van der Waals surface area contributed by atoms with Crippen molar-refractivity contribution in [2.75, 3.05) is 0 Å². The smallest absolute Gasteiger partial charge is 0.334 e. The van der Waals surface area contributed by atoms with Gasteiger partial charge in [0.1, 0.15) is 29.0 Å². The summed E-state index contributed by atoms with van der Waals surface area (Å²) in [6, 6.07) is 6.24. The summed E-state index contributed by atoms with van der Waals surface area (Å²) in [6.07, 6.45) is 0.132. The van der Waals surface area contributed by atoms with Gasteiger partial charge in [0.15, 0.2) is 5.78 Å². The molecule has 9 heteroatoms. The standard InChI is InChI=1S/C25H32N2O7/c1-13(2)22(26)24(32)27-23(14(3)4)25(33)34-17-8-5-15(21(31)12-17)6-9-19(29)18-11-16(28)7-10-20(18)30/h5,7-8,10-14,22-23,28,30-31H,6,9,26H2,1-4H3,(H,27,32)/t22?,23-/m0/s1. The number of ketones is 1. The lowest BCUT2D eigenvalue weighted by molar-refractivity contribution is -0.141. The lowest BCUT2D eigenvalue weighted by Crippen LogP contribution is -2.53. The van der Waals surface area contributed by atoms with Gasteiger partial charge in [-0.3, -0.25) is 9.59 Å². The first kappa shape index (κ1) is 26.7. The second-order valence-electron chi connectivity index (χ2n) is 8.84. The van der Waals surface area contributed by atoms with Crippen molar-refractivity contribution < 1.29 is 34.4 Å². The number of aryl methyl sites for hydroxylation is 1. The second-order valence-corrected chi connectivity index (χ2v) is 8.84. The first-order valence-corrected chi connectivity index (χ1v) is 11.1. The molecule has 2 atom stereocenters. The number of amides is 1. The van der Waals surface area contributed by atoms with E-state index in [0.29, 0.717) is 5.56 Å². The maximum Gasteiger partial charge on any atom is 0.334 e. The van der Waals surface area contributed by atoms with E-state index in [1.54, 1.807) is 27.7 Å². The number of hydrogen-bond acceptors (Lipinski definition) is 8. The topological polar surface area (TPSA) is 159 Å². The monoisotopic (exact) mass is 472 g/mol. The van der Waals surface area contributed by atoms with E-state index in [1.165, 1.54) is 36.4 Å². The predicted octanol–water partition coefficient (Wildman–Crippen LogP) is 2.65. The van der Waals surface area contributed by atoms with Gasteiger partial charge in [-0.05, 0) is 48.1 Å². The molecule has 34 heavy (non-hydrogen) atoms. The molecule has 0 aliphatic rings. The van der Waals surface area contributed by atoms with Crippen molar-refractivity contribution in [3.05, 3.63) is 47.5 Å². The Morgan fingerprint density at radius 3 is 2.21 bits per heavy atom. The number of carbonyl (C=O) groups excluding carboxylic acids is 3. The van der Waals surface area contributed by atoms with Crippen molar-refractivity contribution in [3.63, 3.8) is 0 Å². The third-order valence-electron chi connectivity index (χ3n) is 5.42. The molecule has 0 saturated heterocycles. The van der Waals surface area contributed by atoms with Crippen LogP contribution >= 0.6 is 0 Å². The average molecular weight is 473 g/mol. The minimum Gasteiger partial charge on any atom is -0.508 e. The van der Waals surface area contributed by atoms with Crippen LogP contribution in [-0.2, 0) is 16.0 Å². The molecule has 0 aliphatic heterocycles. The highest BCUT2D eigenvalue weighted by molar-refractivity contribution is 5.99. The zero-order valence-corrected chi connectivity index (χ0v) is 19.7. The molecule has 2 rings (SSSR count). The van der Waals surface area contributed by atoms with Crippen LogP contribution in [0.2, 0.25) is 0 Å². The van der Waals surface area contributed by atoms with Gasteiger partial charge in [0.05, 0.1) is 11.6 Å². The lowest BCUT2D eigenvalue weighted by Gasteiger charge is -2.24. The fourth-order valence-corrected chi connectivity index (χ4v) is 3.18. The summed E-state index contributed by atoms with van der Waals surface area (Å²) in [4.78, 5) is 37.3. The highest BCUT2D eigenvalue weighted by atomic mass is 16.5. The predicted molar refractivity (Wildman–Crippen MR) is 126 cm³/mol. The SMILES string of the molecule is CC(C)C(N)C(=O)N[C@H](C(=O)Oc1ccc(CCC(=O)c2cc(O)ccc2O)c(O)c1)C(C)C. The van der Waals surface area contributed by atoms with Crippen LogP contribution in [0.3, 0.4) is 0 Å². The van der Waals surface area contributed by atoms with Gasteiger partial charge >= 0.3 is 5.97 Å². The fourth-order valence-electron chi connectivity index (χ4n) is 3.18. The van der Waals surface area contributed by atoms with Crippen LogP contribution in [0.25, 0.3) is 0 Å². The zero-order chi connectivity index (χ0) is 25.6. The van der Waals surface area contributed by atoms with Crippen molar-refractivity contribution in [3.8, 4) is 23.0 Å². The minimum absolute atomic E-state index is 0.0102. The van der Waals surface area contributed by atoms with Crippen LogP contribution in [-0.4, -0.2) is 45.1 Å². The Kier molecular flexibility index (Phi) is 9.03. The van der Waals surface area contributed by atoms with Crippen molar-refractivity contribution >= 4 is 17.7 Å². The Bertz CT molecular complexity index is 1050. The molecule has 6 N–H and O–H groups in total. The molecule has 0 bridgehead atoms. The summed E-state index contributed by atoms with van der Waals surface area (Å²) in [7, 11) is 0.